The molecule has 0 aliphatic heterocycles. The zero-order chi connectivity index (χ0) is 14.5. The Hall–Kier alpha value is -1.80. The Kier molecular flexibility index (Phi) is 4.80. The number of hydrogen-bond acceptors (Lipinski definition) is 2. The first-order chi connectivity index (χ1) is 9.54. The van der Waals surface area contributed by atoms with Gasteiger partial charge in [-0.1, -0.05) is 30.3 Å². The van der Waals surface area contributed by atoms with Crippen LogP contribution in [0.15, 0.2) is 42.5 Å². The zero-order valence-corrected chi connectivity index (χ0v) is 12.4. The molecule has 0 radical (unpaired) electrons. The van der Waals surface area contributed by atoms with Crippen molar-refractivity contribution in [1.29, 1.82) is 0 Å². The van der Waals surface area contributed by atoms with Crippen LogP contribution in [-0.4, -0.2) is 11.2 Å². The number of benzene rings is 2. The third kappa shape index (κ3) is 4.10. The molecule has 2 rings (SSSR count). The minimum Gasteiger partial charge on any atom is -0.489 e. The van der Waals surface area contributed by atoms with Crippen LogP contribution in [0.5, 0.6) is 5.75 Å². The summed E-state index contributed by atoms with van der Waals surface area (Å²) < 4.78 is 5.78. The predicted molar refractivity (Wildman–Crippen MR) is 82.1 cm³/mol. The maximum Gasteiger partial charge on any atom is 0.119 e. The van der Waals surface area contributed by atoms with Crippen molar-refractivity contribution in [3.63, 3.8) is 0 Å². The fourth-order valence-electron chi connectivity index (χ4n) is 2.12. The fourth-order valence-corrected chi connectivity index (χ4v) is 2.12. The van der Waals surface area contributed by atoms with Gasteiger partial charge in [0.2, 0.25) is 0 Å². The van der Waals surface area contributed by atoms with E-state index in [-0.39, 0.29) is 6.10 Å². The largest absolute Gasteiger partial charge is 0.489 e. The average molecular weight is 270 g/mol. The van der Waals surface area contributed by atoms with Gasteiger partial charge in [0.25, 0.3) is 0 Å². The smallest absolute Gasteiger partial charge is 0.119 e. The first kappa shape index (κ1) is 14.6. The van der Waals surface area contributed by atoms with E-state index < -0.39 is 0 Å². The first-order valence-corrected chi connectivity index (χ1v) is 7.00. The highest BCUT2D eigenvalue weighted by atomic mass is 16.5. The third-order valence-electron chi connectivity index (χ3n) is 3.43. The zero-order valence-electron chi connectivity index (χ0n) is 12.4. The van der Waals surface area contributed by atoms with Crippen molar-refractivity contribution in [3.8, 4) is 5.75 Å². The Balaban J connectivity index is 1.95. The van der Waals surface area contributed by atoms with Crippen LogP contribution in [0.25, 0.3) is 0 Å². The Morgan fingerprint density at radius 2 is 1.60 bits per heavy atom. The molecule has 1 unspecified atom stereocenters. The molecular weight excluding hydrogens is 248 g/mol. The second-order valence-electron chi connectivity index (χ2n) is 5.40. The summed E-state index contributed by atoms with van der Waals surface area (Å²) >= 11 is 0. The lowest BCUT2D eigenvalue weighted by molar-refractivity contribution is 0.195. The van der Waals surface area contributed by atoms with Gasteiger partial charge in [-0.05, 0) is 61.6 Å². The molecule has 0 amide bonds. The average Bonchev–Trinajstić information content (AvgIpc) is 2.41. The Bertz CT molecular complexity index is 556. The van der Waals surface area contributed by atoms with Gasteiger partial charge in [0.05, 0.1) is 6.10 Å². The standard InChI is InChI=1S/C18H22O2/c1-13-4-5-17(10-14(13)2)12-20-18-8-6-16(7-9-18)11-15(3)19/h4-10,15,19H,11-12H2,1-3H3. The summed E-state index contributed by atoms with van der Waals surface area (Å²) in [5.41, 5.74) is 4.90. The van der Waals surface area contributed by atoms with Crippen molar-refractivity contribution in [1.82, 2.24) is 0 Å². The van der Waals surface area contributed by atoms with Gasteiger partial charge >= 0.3 is 0 Å². The Morgan fingerprint density at radius 1 is 0.950 bits per heavy atom. The molecule has 2 aromatic rings. The molecule has 0 saturated heterocycles. The van der Waals surface area contributed by atoms with E-state index in [2.05, 4.69) is 32.0 Å². The maximum absolute atomic E-state index is 9.34. The first-order valence-electron chi connectivity index (χ1n) is 7.00. The molecule has 0 saturated carbocycles. The highest BCUT2D eigenvalue weighted by Gasteiger charge is 2.01. The van der Waals surface area contributed by atoms with Crippen LogP contribution in [0.4, 0.5) is 0 Å². The van der Waals surface area contributed by atoms with Crippen molar-refractivity contribution < 1.29 is 9.84 Å². The normalized spacial score (nSPS) is 12.2. The predicted octanol–water partition coefficient (Wildman–Crippen LogP) is 3.81. The number of ether oxygens (including phenoxy) is 1. The second kappa shape index (κ2) is 6.58. The van der Waals surface area contributed by atoms with Gasteiger partial charge in [-0.2, -0.15) is 0 Å². The van der Waals surface area contributed by atoms with Gasteiger partial charge in [-0.15, -0.1) is 0 Å². The van der Waals surface area contributed by atoms with Crippen LogP contribution in [-0.2, 0) is 13.0 Å². The SMILES string of the molecule is Cc1ccc(COc2ccc(CC(C)O)cc2)cc1C. The molecule has 2 aromatic carbocycles. The molecule has 0 aliphatic rings. The van der Waals surface area contributed by atoms with Crippen molar-refractivity contribution in [2.24, 2.45) is 0 Å². The van der Waals surface area contributed by atoms with Gasteiger partial charge in [0.1, 0.15) is 12.4 Å². The number of aliphatic hydroxyl groups excluding tert-OH is 1. The van der Waals surface area contributed by atoms with Crippen LogP contribution in [0, 0.1) is 13.8 Å². The van der Waals surface area contributed by atoms with E-state index in [1.165, 1.54) is 16.7 Å². The van der Waals surface area contributed by atoms with Crippen molar-refractivity contribution in [2.45, 2.75) is 39.9 Å². The number of aliphatic hydroxyl groups is 1. The summed E-state index contributed by atoms with van der Waals surface area (Å²) in [6.45, 7) is 6.60. The lowest BCUT2D eigenvalue weighted by atomic mass is 10.1. The van der Waals surface area contributed by atoms with Crippen LogP contribution >= 0.6 is 0 Å². The van der Waals surface area contributed by atoms with E-state index in [0.29, 0.717) is 13.0 Å². The lowest BCUT2D eigenvalue weighted by Crippen LogP contribution is -2.04. The van der Waals surface area contributed by atoms with Gasteiger partial charge in [-0.25, -0.2) is 0 Å². The minimum atomic E-state index is -0.308. The monoisotopic (exact) mass is 270 g/mol. The number of aryl methyl sites for hydroxylation is 2. The van der Waals surface area contributed by atoms with Gasteiger partial charge in [0, 0.05) is 0 Å². The van der Waals surface area contributed by atoms with E-state index in [1.807, 2.05) is 24.3 Å². The molecule has 0 fully saturated rings. The summed E-state index contributed by atoms with van der Waals surface area (Å²) in [6, 6.07) is 14.3. The Labute approximate surface area is 121 Å². The highest BCUT2D eigenvalue weighted by molar-refractivity contribution is 5.31. The minimum absolute atomic E-state index is 0.308. The molecule has 106 valence electrons. The summed E-state index contributed by atoms with van der Waals surface area (Å²) in [5, 5.41) is 9.34. The molecule has 0 bridgehead atoms. The summed E-state index contributed by atoms with van der Waals surface area (Å²) in [5.74, 6) is 0.859. The molecule has 2 heteroatoms. The quantitative estimate of drug-likeness (QED) is 0.895. The number of hydrogen-bond donors (Lipinski definition) is 1. The molecule has 0 heterocycles. The molecular formula is C18H22O2. The molecule has 0 spiro atoms. The third-order valence-corrected chi connectivity index (χ3v) is 3.43. The van der Waals surface area contributed by atoms with E-state index >= 15 is 0 Å². The molecule has 0 aliphatic carbocycles. The van der Waals surface area contributed by atoms with Gasteiger partial charge in [0.15, 0.2) is 0 Å². The number of rotatable bonds is 5. The van der Waals surface area contributed by atoms with Crippen molar-refractivity contribution in [3.05, 3.63) is 64.7 Å². The molecule has 20 heavy (non-hydrogen) atoms. The Morgan fingerprint density at radius 3 is 2.20 bits per heavy atom. The van der Waals surface area contributed by atoms with Crippen molar-refractivity contribution in [2.75, 3.05) is 0 Å². The van der Waals surface area contributed by atoms with Crippen LogP contribution in [0.1, 0.15) is 29.2 Å². The molecule has 1 atom stereocenters. The molecule has 0 aromatic heterocycles. The summed E-state index contributed by atoms with van der Waals surface area (Å²) in [4.78, 5) is 0. The van der Waals surface area contributed by atoms with E-state index in [9.17, 15) is 5.11 Å². The van der Waals surface area contributed by atoms with Crippen LogP contribution in [0.2, 0.25) is 0 Å². The fraction of sp³-hybridized carbons (Fsp3) is 0.333. The maximum atomic E-state index is 9.34. The second-order valence-corrected chi connectivity index (χ2v) is 5.40. The molecule has 1 N–H and O–H groups in total. The van der Waals surface area contributed by atoms with Crippen molar-refractivity contribution >= 4 is 0 Å². The topological polar surface area (TPSA) is 29.5 Å². The van der Waals surface area contributed by atoms with E-state index in [0.717, 1.165) is 11.3 Å². The van der Waals surface area contributed by atoms with E-state index in [4.69, 9.17) is 4.74 Å². The molecule has 2 nitrogen and oxygen atoms in total. The summed E-state index contributed by atoms with van der Waals surface area (Å²) in [6.07, 6.45) is 0.370. The van der Waals surface area contributed by atoms with Crippen LogP contribution < -0.4 is 4.74 Å². The summed E-state index contributed by atoms with van der Waals surface area (Å²) in [7, 11) is 0. The van der Waals surface area contributed by atoms with E-state index in [1.54, 1.807) is 6.92 Å². The van der Waals surface area contributed by atoms with Gasteiger partial charge in [-0.3, -0.25) is 0 Å². The van der Waals surface area contributed by atoms with Crippen LogP contribution in [0.3, 0.4) is 0 Å². The lowest BCUT2D eigenvalue weighted by Gasteiger charge is -2.09. The van der Waals surface area contributed by atoms with Gasteiger partial charge < -0.3 is 9.84 Å². The highest BCUT2D eigenvalue weighted by Crippen LogP contribution is 2.16.